The maximum atomic E-state index is 10.6. The monoisotopic (exact) mass is 490 g/mol. The highest BCUT2D eigenvalue weighted by Crippen LogP contribution is 2.35. The van der Waals surface area contributed by atoms with Crippen LogP contribution < -0.4 is 0 Å². The summed E-state index contributed by atoms with van der Waals surface area (Å²) in [5, 5.41) is 14.2. The number of ether oxygens (including phenoxy) is 2. The summed E-state index contributed by atoms with van der Waals surface area (Å²) < 4.78 is 75.5. The molecule has 3 heterocycles. The molecule has 0 bridgehead atoms. The molecule has 0 amide bonds. The van der Waals surface area contributed by atoms with Crippen LogP contribution in [0, 0.1) is 0 Å². The number of likely N-dealkylation sites (N-methyl/N-ethyl adjacent to an activating group) is 1. The number of rotatable bonds is 3. The van der Waals surface area contributed by atoms with Crippen molar-refractivity contribution in [2.24, 2.45) is 0 Å². The van der Waals surface area contributed by atoms with Gasteiger partial charge in [-0.2, -0.15) is 26.3 Å². The summed E-state index contributed by atoms with van der Waals surface area (Å²) in [6.07, 6.45) is -2.88. The number of alkyl halides is 6. The summed E-state index contributed by atoms with van der Waals surface area (Å²) in [5.74, 6) is -5.51. The summed E-state index contributed by atoms with van der Waals surface area (Å²) in [5.41, 5.74) is 1.23. The van der Waals surface area contributed by atoms with E-state index in [0.717, 1.165) is 19.6 Å². The van der Waals surface area contributed by atoms with Crippen molar-refractivity contribution in [1.82, 2.24) is 9.88 Å². The molecule has 0 aliphatic carbocycles. The molecule has 1 spiro atoms. The van der Waals surface area contributed by atoms with Crippen molar-refractivity contribution in [3.8, 4) is 0 Å². The predicted octanol–water partition coefficient (Wildman–Crippen LogP) is 3.12. The van der Waals surface area contributed by atoms with Gasteiger partial charge in [0.05, 0.1) is 24.9 Å². The number of hydrogen-bond acceptors (Lipinski definition) is 6. The summed E-state index contributed by atoms with van der Waals surface area (Å²) >= 11 is 0. The van der Waals surface area contributed by atoms with E-state index in [2.05, 4.69) is 16.9 Å². The molecule has 2 fully saturated rings. The molecule has 0 aromatic carbocycles. The van der Waals surface area contributed by atoms with Crippen LogP contribution in [0.2, 0.25) is 0 Å². The summed E-state index contributed by atoms with van der Waals surface area (Å²) in [7, 11) is 2.18. The third-order valence-corrected chi connectivity index (χ3v) is 4.63. The topological polar surface area (TPSA) is 109 Å². The first kappa shape index (κ1) is 28.6. The van der Waals surface area contributed by atoms with E-state index in [4.69, 9.17) is 29.3 Å². The van der Waals surface area contributed by atoms with Crippen LogP contribution in [0.4, 0.5) is 26.3 Å². The van der Waals surface area contributed by atoms with Gasteiger partial charge in [-0.1, -0.05) is 0 Å². The quantitative estimate of drug-likeness (QED) is 0.623. The maximum Gasteiger partial charge on any atom is 0.490 e. The second-order valence-corrected chi connectivity index (χ2v) is 7.43. The van der Waals surface area contributed by atoms with Crippen molar-refractivity contribution < 1.29 is 55.6 Å². The molecule has 2 saturated heterocycles. The lowest BCUT2D eigenvalue weighted by Gasteiger charge is -2.37. The van der Waals surface area contributed by atoms with Crippen LogP contribution in [0.15, 0.2) is 24.5 Å². The van der Waals surface area contributed by atoms with Gasteiger partial charge in [-0.25, -0.2) is 9.59 Å². The number of carbonyl (C=O) groups is 2. The smallest absolute Gasteiger partial charge is 0.475 e. The van der Waals surface area contributed by atoms with E-state index in [1.54, 1.807) is 12.4 Å². The molecular formula is C19H24F6N2O6. The van der Waals surface area contributed by atoms with Crippen LogP contribution in [0.25, 0.3) is 0 Å². The lowest BCUT2D eigenvalue weighted by molar-refractivity contribution is -0.193. The third kappa shape index (κ3) is 10.8. The minimum atomic E-state index is -5.08. The molecule has 33 heavy (non-hydrogen) atoms. The van der Waals surface area contributed by atoms with Crippen molar-refractivity contribution in [2.75, 3.05) is 26.7 Å². The Morgan fingerprint density at radius 3 is 2.12 bits per heavy atom. The molecule has 8 nitrogen and oxygen atoms in total. The van der Waals surface area contributed by atoms with Crippen molar-refractivity contribution in [3.05, 3.63) is 30.1 Å². The largest absolute Gasteiger partial charge is 0.490 e. The Kier molecular flexibility index (Phi) is 10.5. The second-order valence-electron chi connectivity index (χ2n) is 7.43. The minimum absolute atomic E-state index is 0.0515. The number of pyridine rings is 1. The Labute approximate surface area is 185 Å². The highest BCUT2D eigenvalue weighted by molar-refractivity contribution is 5.73. The van der Waals surface area contributed by atoms with Gasteiger partial charge in [0.2, 0.25) is 0 Å². The third-order valence-electron chi connectivity index (χ3n) is 4.63. The number of carboxylic acid groups (broad SMARTS) is 2. The fraction of sp³-hybridized carbons (Fsp3) is 0.632. The molecule has 2 N–H and O–H groups in total. The lowest BCUT2D eigenvalue weighted by atomic mass is 9.89. The molecule has 0 saturated carbocycles. The lowest BCUT2D eigenvalue weighted by Crippen LogP contribution is -2.46. The van der Waals surface area contributed by atoms with Crippen molar-refractivity contribution >= 4 is 11.9 Å². The highest BCUT2D eigenvalue weighted by atomic mass is 19.4. The van der Waals surface area contributed by atoms with Crippen molar-refractivity contribution in [1.29, 1.82) is 0 Å². The van der Waals surface area contributed by atoms with E-state index >= 15 is 0 Å². The van der Waals surface area contributed by atoms with E-state index in [0.29, 0.717) is 6.61 Å². The van der Waals surface area contributed by atoms with E-state index in [1.165, 1.54) is 24.9 Å². The number of halogens is 6. The number of hydrogen-bond donors (Lipinski definition) is 2. The first-order valence-corrected chi connectivity index (χ1v) is 9.58. The molecular weight excluding hydrogens is 466 g/mol. The van der Waals surface area contributed by atoms with Crippen LogP contribution in [0.1, 0.15) is 24.8 Å². The van der Waals surface area contributed by atoms with E-state index in [9.17, 15) is 26.3 Å². The Morgan fingerprint density at radius 1 is 1.15 bits per heavy atom. The van der Waals surface area contributed by atoms with Gasteiger partial charge in [0.15, 0.2) is 0 Å². The first-order chi connectivity index (χ1) is 15.1. The number of nitrogens with zero attached hydrogens (tertiary/aromatic N) is 2. The predicted molar refractivity (Wildman–Crippen MR) is 100 cm³/mol. The average molecular weight is 490 g/mol. The molecule has 3 rings (SSSR count). The molecule has 1 aromatic rings. The molecule has 0 unspecified atom stereocenters. The van der Waals surface area contributed by atoms with Crippen molar-refractivity contribution in [2.45, 2.75) is 49.9 Å². The zero-order valence-corrected chi connectivity index (χ0v) is 17.5. The van der Waals surface area contributed by atoms with E-state index in [1.807, 2.05) is 12.1 Å². The van der Waals surface area contributed by atoms with Gasteiger partial charge >= 0.3 is 24.3 Å². The molecule has 14 heteroatoms. The van der Waals surface area contributed by atoms with Gasteiger partial charge in [-0.05, 0) is 44.1 Å². The Hall–Kier alpha value is -2.45. The fourth-order valence-corrected chi connectivity index (χ4v) is 3.21. The normalized spacial score (nSPS) is 23.2. The second kappa shape index (κ2) is 12.1. The molecule has 2 atom stereocenters. The maximum absolute atomic E-state index is 10.6. The number of aliphatic carboxylic acids is 2. The Morgan fingerprint density at radius 2 is 1.67 bits per heavy atom. The molecule has 2 aliphatic heterocycles. The standard InChI is InChI=1S/C15H22N2O2.2C2HF3O2/c1-17-8-2-5-15(12-17)9-14(11-19-15)18-10-13-3-6-16-7-4-13;2*3-2(4,5)1(6)7/h3-4,6-7,14H,2,5,8-12H2,1H3;2*(H,6,7)/t14-,15+;;/m1../s1. The number of likely N-dealkylation sites (tertiary alicyclic amines) is 1. The molecule has 188 valence electrons. The summed E-state index contributed by atoms with van der Waals surface area (Å²) in [6.45, 7) is 3.62. The Bertz CT molecular complexity index is 737. The van der Waals surface area contributed by atoms with Gasteiger partial charge in [-0.3, -0.25) is 4.98 Å². The zero-order valence-electron chi connectivity index (χ0n) is 17.5. The van der Waals surface area contributed by atoms with Crippen LogP contribution >= 0.6 is 0 Å². The number of aromatic nitrogens is 1. The van der Waals surface area contributed by atoms with Crippen LogP contribution in [-0.2, 0) is 25.7 Å². The molecule has 2 aliphatic rings. The molecule has 1 aromatic heterocycles. The average Bonchev–Trinajstić information content (AvgIpc) is 3.08. The fourth-order valence-electron chi connectivity index (χ4n) is 3.21. The van der Waals surface area contributed by atoms with Crippen LogP contribution in [0.3, 0.4) is 0 Å². The van der Waals surface area contributed by atoms with Crippen LogP contribution in [-0.4, -0.2) is 82.8 Å². The van der Waals surface area contributed by atoms with Crippen LogP contribution in [0.5, 0.6) is 0 Å². The van der Waals surface area contributed by atoms with Gasteiger partial charge in [-0.15, -0.1) is 0 Å². The van der Waals surface area contributed by atoms with E-state index in [-0.39, 0.29) is 11.7 Å². The first-order valence-electron chi connectivity index (χ1n) is 9.58. The van der Waals surface area contributed by atoms with Gasteiger partial charge < -0.3 is 24.6 Å². The highest BCUT2D eigenvalue weighted by Gasteiger charge is 2.43. The molecule has 0 radical (unpaired) electrons. The van der Waals surface area contributed by atoms with E-state index < -0.39 is 24.3 Å². The minimum Gasteiger partial charge on any atom is -0.475 e. The number of piperidine rings is 1. The number of carboxylic acids is 2. The Balaban J connectivity index is 0.000000324. The zero-order chi connectivity index (χ0) is 25.3. The van der Waals surface area contributed by atoms with Gasteiger partial charge in [0, 0.05) is 25.4 Å². The van der Waals surface area contributed by atoms with Gasteiger partial charge in [0.1, 0.15) is 0 Å². The summed E-state index contributed by atoms with van der Waals surface area (Å²) in [4.78, 5) is 24.2. The van der Waals surface area contributed by atoms with Gasteiger partial charge in [0.25, 0.3) is 0 Å². The summed E-state index contributed by atoms with van der Waals surface area (Å²) in [6, 6.07) is 4.00. The van der Waals surface area contributed by atoms with Crippen molar-refractivity contribution in [3.63, 3.8) is 0 Å². The SMILES string of the molecule is CN1CCC[C@]2(C[C@@H](OCc3ccncc3)CO2)C1.O=C(O)C(F)(F)F.O=C(O)C(F)(F)F.